The Hall–Kier alpha value is -2.54. The van der Waals surface area contributed by atoms with E-state index in [2.05, 4.69) is 16.8 Å². The molecule has 0 bridgehead atoms. The van der Waals surface area contributed by atoms with Crippen LogP contribution in [0.1, 0.15) is 11.1 Å². The molecule has 17 heavy (non-hydrogen) atoms. The number of H-pyrrole nitrogens is 1. The Bertz CT molecular complexity index is 700. The summed E-state index contributed by atoms with van der Waals surface area (Å²) in [7, 11) is 1.56. The molecule has 0 fully saturated rings. The van der Waals surface area contributed by atoms with Crippen LogP contribution in [0, 0.1) is 11.8 Å². The number of hydrogen-bond donors (Lipinski definition) is 1. The van der Waals surface area contributed by atoms with E-state index in [-0.39, 0.29) is 5.56 Å². The molecule has 4 heteroatoms. The van der Waals surface area contributed by atoms with Crippen molar-refractivity contribution in [2.45, 2.75) is 0 Å². The second-order valence-electron chi connectivity index (χ2n) is 3.53. The van der Waals surface area contributed by atoms with Gasteiger partial charge in [-0.05, 0) is 12.1 Å². The van der Waals surface area contributed by atoms with Crippen LogP contribution in [0.4, 0.5) is 0 Å². The number of benzene rings is 1. The molecule has 0 atom stereocenters. The highest BCUT2D eigenvalue weighted by Crippen LogP contribution is 1.95. The fourth-order valence-electron chi connectivity index (χ4n) is 1.31. The second kappa shape index (κ2) is 4.54. The summed E-state index contributed by atoms with van der Waals surface area (Å²) in [6, 6.07) is 9.33. The average molecular weight is 226 g/mol. The summed E-state index contributed by atoms with van der Waals surface area (Å²) in [6.45, 7) is 0. The smallest absolute Gasteiger partial charge is 0.302 e. The third-order valence-electron chi connectivity index (χ3n) is 2.22. The maximum absolute atomic E-state index is 11.4. The van der Waals surface area contributed by atoms with Crippen molar-refractivity contribution >= 4 is 0 Å². The van der Waals surface area contributed by atoms with Crippen LogP contribution < -0.4 is 11.2 Å². The minimum Gasteiger partial charge on any atom is -0.302 e. The lowest BCUT2D eigenvalue weighted by molar-refractivity contribution is 0.795. The highest BCUT2D eigenvalue weighted by atomic mass is 16.2. The number of rotatable bonds is 0. The van der Waals surface area contributed by atoms with E-state index in [0.29, 0.717) is 0 Å². The highest BCUT2D eigenvalue weighted by Gasteiger charge is 1.98. The fraction of sp³-hybridized carbons (Fsp3) is 0.0769. The quantitative estimate of drug-likeness (QED) is 0.664. The van der Waals surface area contributed by atoms with Gasteiger partial charge in [0.2, 0.25) is 0 Å². The molecule has 0 spiro atoms. The van der Waals surface area contributed by atoms with Gasteiger partial charge in [-0.15, -0.1) is 0 Å². The molecule has 1 aromatic heterocycles. The highest BCUT2D eigenvalue weighted by molar-refractivity contribution is 5.40. The summed E-state index contributed by atoms with van der Waals surface area (Å²) in [5.41, 5.74) is 0.188. The van der Waals surface area contributed by atoms with Crippen molar-refractivity contribution in [3.8, 4) is 11.8 Å². The number of nitrogens with zero attached hydrogens (tertiary/aromatic N) is 1. The molecular weight excluding hydrogens is 216 g/mol. The molecule has 1 aromatic carbocycles. The van der Waals surface area contributed by atoms with Crippen LogP contribution in [0.3, 0.4) is 0 Å². The molecule has 2 rings (SSSR count). The second-order valence-corrected chi connectivity index (χ2v) is 3.53. The third kappa shape index (κ3) is 2.52. The van der Waals surface area contributed by atoms with Crippen LogP contribution in [0.5, 0.6) is 0 Å². The standard InChI is InChI=1S/C13H10N2O2/c1-15-9-11(12(16)14-13(15)17)8-7-10-5-3-2-4-6-10/h2-6,9H,1H3,(H,14,16,17). The molecule has 84 valence electrons. The zero-order chi connectivity index (χ0) is 12.3. The number of aryl methyl sites for hydroxylation is 1. The van der Waals surface area contributed by atoms with Crippen LogP contribution in [0.2, 0.25) is 0 Å². The lowest BCUT2D eigenvalue weighted by atomic mass is 10.2. The molecular formula is C13H10N2O2. The maximum atomic E-state index is 11.4. The van der Waals surface area contributed by atoms with E-state index in [9.17, 15) is 9.59 Å². The van der Waals surface area contributed by atoms with Gasteiger partial charge in [0.05, 0.1) is 0 Å². The number of nitrogens with one attached hydrogen (secondary N) is 1. The largest absolute Gasteiger partial charge is 0.328 e. The van der Waals surface area contributed by atoms with Gasteiger partial charge in [0.15, 0.2) is 0 Å². The van der Waals surface area contributed by atoms with Crippen molar-refractivity contribution in [2.24, 2.45) is 7.05 Å². The Balaban J connectivity index is 2.45. The summed E-state index contributed by atoms with van der Waals surface area (Å²) < 4.78 is 1.29. The number of hydrogen-bond acceptors (Lipinski definition) is 2. The first-order chi connectivity index (χ1) is 8.16. The van der Waals surface area contributed by atoms with Crippen LogP contribution in [0.15, 0.2) is 46.1 Å². The Morgan fingerprint density at radius 3 is 2.53 bits per heavy atom. The van der Waals surface area contributed by atoms with Crippen molar-refractivity contribution in [3.63, 3.8) is 0 Å². The van der Waals surface area contributed by atoms with Crippen molar-refractivity contribution in [1.29, 1.82) is 0 Å². The normalized spacial score (nSPS) is 9.47. The Kier molecular flexibility index (Phi) is 2.93. The Labute approximate surface area is 97.6 Å². The monoisotopic (exact) mass is 226 g/mol. The predicted molar refractivity (Wildman–Crippen MR) is 64.7 cm³/mol. The van der Waals surface area contributed by atoms with Gasteiger partial charge in [-0.3, -0.25) is 9.78 Å². The third-order valence-corrected chi connectivity index (χ3v) is 2.22. The molecule has 0 aliphatic rings. The molecule has 1 heterocycles. The van der Waals surface area contributed by atoms with E-state index in [4.69, 9.17) is 0 Å². The van der Waals surface area contributed by atoms with E-state index in [1.165, 1.54) is 10.8 Å². The summed E-state index contributed by atoms with van der Waals surface area (Å²) in [6.07, 6.45) is 1.43. The van der Waals surface area contributed by atoms with Gasteiger partial charge in [-0.1, -0.05) is 30.0 Å². The van der Waals surface area contributed by atoms with Gasteiger partial charge in [-0.25, -0.2) is 4.79 Å². The van der Waals surface area contributed by atoms with E-state index >= 15 is 0 Å². The zero-order valence-corrected chi connectivity index (χ0v) is 9.23. The van der Waals surface area contributed by atoms with Gasteiger partial charge in [0.25, 0.3) is 5.56 Å². The van der Waals surface area contributed by atoms with E-state index in [1.54, 1.807) is 7.05 Å². The first-order valence-electron chi connectivity index (χ1n) is 5.04. The summed E-state index contributed by atoms with van der Waals surface area (Å²) in [5, 5.41) is 0. The van der Waals surface area contributed by atoms with Gasteiger partial charge >= 0.3 is 5.69 Å². The first-order valence-corrected chi connectivity index (χ1v) is 5.04. The minimum atomic E-state index is -0.462. The molecule has 2 aromatic rings. The summed E-state index contributed by atoms with van der Waals surface area (Å²) >= 11 is 0. The molecule has 1 N–H and O–H groups in total. The lowest BCUT2D eigenvalue weighted by Gasteiger charge is -1.95. The van der Waals surface area contributed by atoms with E-state index in [0.717, 1.165) is 5.56 Å². The summed E-state index contributed by atoms with van der Waals surface area (Å²) in [5.74, 6) is 5.61. The number of aromatic amines is 1. The van der Waals surface area contributed by atoms with Crippen molar-refractivity contribution < 1.29 is 0 Å². The van der Waals surface area contributed by atoms with Gasteiger partial charge in [-0.2, -0.15) is 0 Å². The molecule has 0 unspecified atom stereocenters. The topological polar surface area (TPSA) is 54.9 Å². The van der Waals surface area contributed by atoms with Crippen molar-refractivity contribution in [2.75, 3.05) is 0 Å². The molecule has 0 aliphatic carbocycles. The van der Waals surface area contributed by atoms with Crippen LogP contribution in [-0.2, 0) is 7.05 Å². The lowest BCUT2D eigenvalue weighted by Crippen LogP contribution is -2.29. The van der Waals surface area contributed by atoms with Crippen LogP contribution in [-0.4, -0.2) is 9.55 Å². The maximum Gasteiger partial charge on any atom is 0.328 e. The predicted octanol–water partition coefficient (Wildman–Crippen LogP) is 0.473. The van der Waals surface area contributed by atoms with Crippen LogP contribution >= 0.6 is 0 Å². The zero-order valence-electron chi connectivity index (χ0n) is 9.23. The fourth-order valence-corrected chi connectivity index (χ4v) is 1.31. The average Bonchev–Trinajstić information content (AvgIpc) is 2.33. The van der Waals surface area contributed by atoms with Crippen molar-refractivity contribution in [1.82, 2.24) is 9.55 Å². The molecule has 0 amide bonds. The van der Waals surface area contributed by atoms with Gasteiger partial charge in [0, 0.05) is 18.8 Å². The molecule has 0 aliphatic heterocycles. The van der Waals surface area contributed by atoms with Crippen molar-refractivity contribution in [3.05, 3.63) is 68.5 Å². The SMILES string of the molecule is Cn1cc(C#Cc2ccccc2)c(=O)[nH]c1=O. The van der Waals surface area contributed by atoms with Gasteiger partial charge < -0.3 is 4.57 Å². The van der Waals surface area contributed by atoms with E-state index < -0.39 is 11.2 Å². The molecule has 0 radical (unpaired) electrons. The minimum absolute atomic E-state index is 0.274. The number of aromatic nitrogens is 2. The first kappa shape index (κ1) is 11.0. The molecule has 4 nitrogen and oxygen atoms in total. The Morgan fingerprint density at radius 1 is 1.12 bits per heavy atom. The molecule has 0 saturated carbocycles. The summed E-state index contributed by atoms with van der Waals surface area (Å²) in [4.78, 5) is 24.8. The van der Waals surface area contributed by atoms with E-state index in [1.807, 2.05) is 30.3 Å². The van der Waals surface area contributed by atoms with Gasteiger partial charge in [0.1, 0.15) is 5.56 Å². The Morgan fingerprint density at radius 2 is 1.82 bits per heavy atom. The molecule has 0 saturated heterocycles. The van der Waals surface area contributed by atoms with Crippen LogP contribution in [0.25, 0.3) is 0 Å².